The normalized spacial score (nSPS) is 10.3. The number of esters is 1. The van der Waals surface area contributed by atoms with Gasteiger partial charge in [0.05, 0.1) is 18.6 Å². The summed E-state index contributed by atoms with van der Waals surface area (Å²) in [6.45, 7) is 1.34. The van der Waals surface area contributed by atoms with E-state index in [0.717, 1.165) is 11.3 Å². The van der Waals surface area contributed by atoms with Gasteiger partial charge in [-0.05, 0) is 89.1 Å². The molecule has 0 aliphatic carbocycles. The first-order valence-corrected chi connectivity index (χ1v) is 12.0. The molecular weight excluding hydrogens is 552 g/mol. The summed E-state index contributed by atoms with van der Waals surface area (Å²) >= 11 is 9.35. The van der Waals surface area contributed by atoms with E-state index in [2.05, 4.69) is 26.6 Å². The summed E-state index contributed by atoms with van der Waals surface area (Å²) in [6, 6.07) is 17.3. The molecule has 0 saturated carbocycles. The molecule has 2 N–H and O–H groups in total. The van der Waals surface area contributed by atoms with E-state index < -0.39 is 18.5 Å². The van der Waals surface area contributed by atoms with Gasteiger partial charge in [-0.2, -0.15) is 0 Å². The number of hydrogen-bond donors (Lipinski definition) is 2. The third kappa shape index (κ3) is 8.28. The van der Waals surface area contributed by atoms with Gasteiger partial charge in [0.15, 0.2) is 6.61 Å². The van der Waals surface area contributed by atoms with Crippen molar-refractivity contribution in [2.45, 2.75) is 19.8 Å². The first-order chi connectivity index (χ1) is 17.2. The molecule has 0 atom stereocenters. The summed E-state index contributed by atoms with van der Waals surface area (Å²) in [5, 5.41) is 5.78. The summed E-state index contributed by atoms with van der Waals surface area (Å²) in [4.78, 5) is 36.2. The van der Waals surface area contributed by atoms with Gasteiger partial charge in [-0.1, -0.05) is 11.6 Å². The zero-order valence-electron chi connectivity index (χ0n) is 19.6. The second-order valence-electron chi connectivity index (χ2n) is 7.64. The van der Waals surface area contributed by atoms with Crippen molar-refractivity contribution in [3.63, 3.8) is 0 Å². The largest absolute Gasteiger partial charge is 0.497 e. The lowest BCUT2D eigenvalue weighted by atomic mass is 10.2. The number of benzene rings is 3. The van der Waals surface area contributed by atoms with Gasteiger partial charge in [0.1, 0.15) is 17.2 Å². The Bertz CT molecular complexity index is 1230. The smallest absolute Gasteiger partial charge is 0.306 e. The van der Waals surface area contributed by atoms with Gasteiger partial charge in [-0.25, -0.2) is 0 Å². The Morgan fingerprint density at radius 1 is 0.861 bits per heavy atom. The first kappa shape index (κ1) is 27.0. The van der Waals surface area contributed by atoms with Crippen LogP contribution in [0.5, 0.6) is 17.2 Å². The topological polar surface area (TPSA) is 103 Å². The fraction of sp³-hybridized carbons (Fsp3) is 0.192. The van der Waals surface area contributed by atoms with E-state index in [1.54, 1.807) is 67.8 Å². The van der Waals surface area contributed by atoms with Crippen molar-refractivity contribution >= 4 is 56.7 Å². The fourth-order valence-electron chi connectivity index (χ4n) is 3.01. The maximum absolute atomic E-state index is 12.2. The van der Waals surface area contributed by atoms with Crippen LogP contribution in [0.4, 0.5) is 11.4 Å². The standard InChI is InChI=1S/C26H24BrClN2O6/c1-16-13-21(27)22(28)14-23(16)30-25(32)15-35-26(33)12-11-24(31)29-17-3-5-19(6-4-17)36-20-9-7-18(34-2)8-10-20/h3-10,13-14H,11-12,15H2,1-2H3,(H,29,31)(H,30,32). The van der Waals surface area contributed by atoms with Crippen LogP contribution in [-0.2, 0) is 19.1 Å². The van der Waals surface area contributed by atoms with Crippen LogP contribution in [0, 0.1) is 6.92 Å². The minimum atomic E-state index is -0.658. The molecule has 3 aromatic rings. The summed E-state index contributed by atoms with van der Waals surface area (Å²) < 4.78 is 16.5. The maximum Gasteiger partial charge on any atom is 0.306 e. The van der Waals surface area contributed by atoms with E-state index in [1.807, 2.05) is 6.92 Å². The number of ether oxygens (including phenoxy) is 3. The average molecular weight is 576 g/mol. The van der Waals surface area contributed by atoms with Crippen LogP contribution in [0.1, 0.15) is 18.4 Å². The highest BCUT2D eigenvalue weighted by atomic mass is 79.9. The highest BCUT2D eigenvalue weighted by molar-refractivity contribution is 9.10. The van der Waals surface area contributed by atoms with E-state index in [-0.39, 0.29) is 18.7 Å². The molecule has 188 valence electrons. The van der Waals surface area contributed by atoms with E-state index in [4.69, 9.17) is 25.8 Å². The maximum atomic E-state index is 12.2. The highest BCUT2D eigenvalue weighted by Crippen LogP contribution is 2.29. The van der Waals surface area contributed by atoms with E-state index in [0.29, 0.717) is 32.4 Å². The summed E-state index contributed by atoms with van der Waals surface area (Å²) in [5.41, 5.74) is 1.87. The molecule has 0 aliphatic rings. The van der Waals surface area contributed by atoms with Crippen LogP contribution in [0.3, 0.4) is 0 Å². The van der Waals surface area contributed by atoms with Crippen LogP contribution in [0.25, 0.3) is 0 Å². The minimum Gasteiger partial charge on any atom is -0.497 e. The van der Waals surface area contributed by atoms with Gasteiger partial charge in [-0.3, -0.25) is 14.4 Å². The SMILES string of the molecule is COc1ccc(Oc2ccc(NC(=O)CCC(=O)OCC(=O)Nc3cc(Cl)c(Br)cc3C)cc2)cc1. The van der Waals surface area contributed by atoms with Crippen LogP contribution in [0.15, 0.2) is 65.1 Å². The molecule has 0 heterocycles. The molecule has 36 heavy (non-hydrogen) atoms. The number of hydrogen-bond acceptors (Lipinski definition) is 6. The quantitative estimate of drug-likeness (QED) is 0.283. The molecule has 0 aromatic heterocycles. The van der Waals surface area contributed by atoms with E-state index >= 15 is 0 Å². The zero-order valence-corrected chi connectivity index (χ0v) is 21.9. The van der Waals surface area contributed by atoms with Crippen LogP contribution in [0.2, 0.25) is 5.02 Å². The van der Waals surface area contributed by atoms with Crippen molar-refractivity contribution in [3.8, 4) is 17.2 Å². The van der Waals surface area contributed by atoms with E-state index in [1.165, 1.54) is 0 Å². The first-order valence-electron chi connectivity index (χ1n) is 10.9. The van der Waals surface area contributed by atoms with Crippen LogP contribution < -0.4 is 20.1 Å². The second kappa shape index (κ2) is 12.9. The average Bonchev–Trinajstić information content (AvgIpc) is 2.86. The van der Waals surface area contributed by atoms with Crippen molar-refractivity contribution in [1.29, 1.82) is 0 Å². The third-order valence-electron chi connectivity index (χ3n) is 4.90. The number of rotatable bonds is 10. The molecule has 0 unspecified atom stereocenters. The number of amides is 2. The molecule has 3 aromatic carbocycles. The monoisotopic (exact) mass is 574 g/mol. The number of methoxy groups -OCH3 is 1. The number of aryl methyl sites for hydroxylation is 1. The number of anilines is 2. The van der Waals surface area contributed by atoms with Gasteiger partial charge < -0.3 is 24.8 Å². The molecule has 2 amide bonds. The molecule has 3 rings (SSSR count). The predicted molar refractivity (Wildman–Crippen MR) is 141 cm³/mol. The molecule has 0 aliphatic heterocycles. The Hall–Kier alpha value is -3.56. The Morgan fingerprint density at radius 3 is 2.11 bits per heavy atom. The zero-order chi connectivity index (χ0) is 26.1. The molecular formula is C26H24BrClN2O6. The Morgan fingerprint density at radius 2 is 1.47 bits per heavy atom. The molecule has 0 radical (unpaired) electrons. The van der Waals surface area contributed by atoms with Gasteiger partial charge in [0.25, 0.3) is 5.91 Å². The number of carbonyl (C=O) groups is 3. The lowest BCUT2D eigenvalue weighted by molar-refractivity contribution is -0.147. The highest BCUT2D eigenvalue weighted by Gasteiger charge is 2.13. The van der Waals surface area contributed by atoms with Crippen LogP contribution >= 0.6 is 27.5 Å². The molecule has 0 saturated heterocycles. The van der Waals surface area contributed by atoms with Gasteiger partial charge in [-0.15, -0.1) is 0 Å². The summed E-state index contributed by atoms with van der Waals surface area (Å²) in [5.74, 6) is 0.450. The third-order valence-corrected chi connectivity index (χ3v) is 6.09. The van der Waals surface area contributed by atoms with Crippen LogP contribution in [-0.4, -0.2) is 31.5 Å². The van der Waals surface area contributed by atoms with E-state index in [9.17, 15) is 14.4 Å². The Balaban J connectivity index is 1.38. The molecule has 0 fully saturated rings. The van der Waals surface area contributed by atoms with Crippen molar-refractivity contribution in [3.05, 3.63) is 75.7 Å². The number of halogens is 2. The lowest BCUT2D eigenvalue weighted by Crippen LogP contribution is -2.22. The molecule has 10 heteroatoms. The summed E-state index contributed by atoms with van der Waals surface area (Å²) in [6.07, 6.45) is -0.257. The van der Waals surface area contributed by atoms with Crippen molar-refractivity contribution < 1.29 is 28.6 Å². The number of nitrogens with one attached hydrogen (secondary N) is 2. The molecule has 8 nitrogen and oxygen atoms in total. The van der Waals surface area contributed by atoms with Crippen molar-refractivity contribution in [1.82, 2.24) is 0 Å². The van der Waals surface area contributed by atoms with Gasteiger partial charge >= 0.3 is 5.97 Å². The molecule has 0 bridgehead atoms. The Kier molecular flexibility index (Phi) is 9.72. The summed E-state index contributed by atoms with van der Waals surface area (Å²) in [7, 11) is 1.59. The van der Waals surface area contributed by atoms with Crippen molar-refractivity contribution in [2.75, 3.05) is 24.4 Å². The van der Waals surface area contributed by atoms with Gasteiger partial charge in [0, 0.05) is 22.3 Å². The Labute approximate surface area is 222 Å². The fourth-order valence-corrected chi connectivity index (χ4v) is 3.63. The minimum absolute atomic E-state index is 0.0913. The second-order valence-corrected chi connectivity index (χ2v) is 8.90. The lowest BCUT2D eigenvalue weighted by Gasteiger charge is -2.10. The van der Waals surface area contributed by atoms with Crippen molar-refractivity contribution in [2.24, 2.45) is 0 Å². The predicted octanol–water partition coefficient (Wildman–Crippen LogP) is 6.11. The molecule has 0 spiro atoms. The number of carbonyl (C=O) groups excluding carboxylic acids is 3. The van der Waals surface area contributed by atoms with Gasteiger partial charge in [0.2, 0.25) is 5.91 Å².